The normalized spacial score (nSPS) is 10.7. The van der Waals surface area contributed by atoms with Crippen molar-refractivity contribution in [3.8, 4) is 17.1 Å². The highest BCUT2D eigenvalue weighted by molar-refractivity contribution is 5.99. The molecule has 0 aliphatic rings. The second-order valence-corrected chi connectivity index (χ2v) is 4.49. The average molecular weight is 266 g/mol. The molecule has 0 aliphatic carbocycles. The summed E-state index contributed by atoms with van der Waals surface area (Å²) in [5.74, 6) is 0.644. The van der Waals surface area contributed by atoms with Gasteiger partial charge in [0.05, 0.1) is 7.11 Å². The van der Waals surface area contributed by atoms with Crippen molar-refractivity contribution in [2.75, 3.05) is 7.11 Å². The number of hydrogen-bond acceptors (Lipinski definition) is 3. The van der Waals surface area contributed by atoms with E-state index in [1.807, 2.05) is 36.4 Å². The first-order chi connectivity index (χ1) is 9.67. The molecule has 0 saturated heterocycles. The van der Waals surface area contributed by atoms with Crippen LogP contribution in [0, 0.1) is 5.41 Å². The number of fused-ring (bicyclic) bond motifs is 1. The van der Waals surface area contributed by atoms with Gasteiger partial charge in [-0.25, -0.2) is 4.98 Å². The third-order valence-electron chi connectivity index (χ3n) is 3.19. The lowest BCUT2D eigenvalue weighted by molar-refractivity contribution is 0.398. The zero-order chi connectivity index (χ0) is 14.1. The predicted octanol–water partition coefficient (Wildman–Crippen LogP) is 2.52. The molecule has 4 N–H and O–H groups in total. The Labute approximate surface area is 115 Å². The van der Waals surface area contributed by atoms with Gasteiger partial charge in [0, 0.05) is 40.0 Å². The fourth-order valence-electron chi connectivity index (χ4n) is 2.14. The van der Waals surface area contributed by atoms with Gasteiger partial charge in [-0.3, -0.25) is 5.41 Å². The predicted molar refractivity (Wildman–Crippen MR) is 79.1 cm³/mol. The first kappa shape index (κ1) is 12.2. The van der Waals surface area contributed by atoms with Crippen molar-refractivity contribution in [1.29, 1.82) is 5.41 Å². The molecule has 20 heavy (non-hydrogen) atoms. The Balaban J connectivity index is 2.10. The van der Waals surface area contributed by atoms with Gasteiger partial charge in [0.2, 0.25) is 5.88 Å². The van der Waals surface area contributed by atoms with E-state index in [0.717, 1.165) is 27.7 Å². The molecule has 3 rings (SSSR count). The van der Waals surface area contributed by atoms with E-state index in [-0.39, 0.29) is 5.84 Å². The zero-order valence-electron chi connectivity index (χ0n) is 11.0. The monoisotopic (exact) mass is 266 g/mol. The number of aromatic nitrogens is 2. The Morgan fingerprint density at radius 2 is 2.10 bits per heavy atom. The maximum Gasteiger partial charge on any atom is 0.213 e. The number of nitrogens with two attached hydrogens (primary N) is 1. The number of hydrogen-bond donors (Lipinski definition) is 3. The van der Waals surface area contributed by atoms with Crippen molar-refractivity contribution >= 4 is 16.7 Å². The van der Waals surface area contributed by atoms with E-state index >= 15 is 0 Å². The molecule has 0 fully saturated rings. The third-order valence-corrected chi connectivity index (χ3v) is 3.19. The lowest BCUT2D eigenvalue weighted by Crippen LogP contribution is -2.10. The summed E-state index contributed by atoms with van der Waals surface area (Å²) in [5, 5.41) is 8.49. The summed E-state index contributed by atoms with van der Waals surface area (Å²) in [7, 11) is 1.59. The SMILES string of the molecule is COc1cc(-c2cc3cc(C(=N)N)ccc3[nH]2)ccn1. The number of aromatic amines is 1. The maximum absolute atomic E-state index is 7.48. The van der Waals surface area contributed by atoms with Crippen LogP contribution in [0.3, 0.4) is 0 Å². The van der Waals surface area contributed by atoms with Crippen molar-refractivity contribution < 1.29 is 4.74 Å². The van der Waals surface area contributed by atoms with E-state index in [1.165, 1.54) is 0 Å². The molecule has 0 aliphatic heterocycles. The number of amidine groups is 1. The average Bonchev–Trinajstić information content (AvgIpc) is 2.90. The Morgan fingerprint density at radius 3 is 2.85 bits per heavy atom. The van der Waals surface area contributed by atoms with Crippen LogP contribution >= 0.6 is 0 Å². The minimum atomic E-state index is 0.0697. The molecular formula is C15H14N4O. The molecule has 0 radical (unpaired) electrons. The summed E-state index contributed by atoms with van der Waals surface area (Å²) in [6.07, 6.45) is 1.71. The molecule has 2 heterocycles. The van der Waals surface area contributed by atoms with Crippen LogP contribution in [-0.4, -0.2) is 22.9 Å². The minimum Gasteiger partial charge on any atom is -0.481 e. The van der Waals surface area contributed by atoms with Gasteiger partial charge >= 0.3 is 0 Å². The smallest absolute Gasteiger partial charge is 0.213 e. The van der Waals surface area contributed by atoms with E-state index in [1.54, 1.807) is 13.3 Å². The number of nitrogens with one attached hydrogen (secondary N) is 2. The topological polar surface area (TPSA) is 87.8 Å². The number of benzene rings is 1. The number of nitrogens with zero attached hydrogens (tertiary/aromatic N) is 1. The van der Waals surface area contributed by atoms with Gasteiger partial charge < -0.3 is 15.5 Å². The highest BCUT2D eigenvalue weighted by Crippen LogP contribution is 2.26. The van der Waals surface area contributed by atoms with E-state index in [2.05, 4.69) is 9.97 Å². The molecule has 0 atom stereocenters. The van der Waals surface area contributed by atoms with E-state index in [4.69, 9.17) is 15.9 Å². The lowest BCUT2D eigenvalue weighted by atomic mass is 10.1. The van der Waals surface area contributed by atoms with Crippen molar-refractivity contribution in [1.82, 2.24) is 9.97 Å². The van der Waals surface area contributed by atoms with Crippen LogP contribution < -0.4 is 10.5 Å². The maximum atomic E-state index is 7.48. The van der Waals surface area contributed by atoms with Gasteiger partial charge in [0.1, 0.15) is 5.84 Å². The molecule has 0 unspecified atom stereocenters. The van der Waals surface area contributed by atoms with Crippen LogP contribution in [0.4, 0.5) is 0 Å². The standard InChI is InChI=1S/C15H14N4O/c1-20-14-8-9(4-5-18-14)13-7-11-6-10(15(16)17)2-3-12(11)19-13/h2-8,19H,1H3,(H3,16,17). The van der Waals surface area contributed by atoms with Crippen molar-refractivity contribution in [2.24, 2.45) is 5.73 Å². The number of methoxy groups -OCH3 is 1. The van der Waals surface area contributed by atoms with Crippen LogP contribution in [0.15, 0.2) is 42.6 Å². The van der Waals surface area contributed by atoms with Gasteiger partial charge in [-0.15, -0.1) is 0 Å². The third kappa shape index (κ3) is 2.09. The number of H-pyrrole nitrogens is 1. The number of pyridine rings is 1. The fraction of sp³-hybridized carbons (Fsp3) is 0.0667. The van der Waals surface area contributed by atoms with Crippen molar-refractivity contribution in [3.05, 3.63) is 48.2 Å². The summed E-state index contributed by atoms with van der Waals surface area (Å²) in [4.78, 5) is 7.43. The molecule has 0 bridgehead atoms. The van der Waals surface area contributed by atoms with E-state index in [0.29, 0.717) is 5.88 Å². The van der Waals surface area contributed by atoms with Crippen LogP contribution in [0.5, 0.6) is 5.88 Å². The highest BCUT2D eigenvalue weighted by Gasteiger charge is 2.06. The Kier molecular flexibility index (Phi) is 2.87. The molecule has 5 nitrogen and oxygen atoms in total. The molecule has 5 heteroatoms. The molecule has 1 aromatic carbocycles. The van der Waals surface area contributed by atoms with Crippen LogP contribution in [0.1, 0.15) is 5.56 Å². The van der Waals surface area contributed by atoms with E-state index < -0.39 is 0 Å². The number of rotatable bonds is 3. The Hall–Kier alpha value is -2.82. The largest absolute Gasteiger partial charge is 0.481 e. The minimum absolute atomic E-state index is 0.0697. The Bertz CT molecular complexity index is 791. The zero-order valence-corrected chi connectivity index (χ0v) is 11.0. The second kappa shape index (κ2) is 4.70. The molecule has 0 amide bonds. The summed E-state index contributed by atoms with van der Waals surface area (Å²) >= 11 is 0. The van der Waals surface area contributed by atoms with Gasteiger partial charge in [-0.1, -0.05) is 0 Å². The number of nitrogen functional groups attached to an aromatic ring is 1. The lowest BCUT2D eigenvalue weighted by Gasteiger charge is -2.00. The van der Waals surface area contributed by atoms with Crippen LogP contribution in [0.2, 0.25) is 0 Å². The summed E-state index contributed by atoms with van der Waals surface area (Å²) in [5.41, 5.74) is 9.20. The van der Waals surface area contributed by atoms with Crippen molar-refractivity contribution in [2.45, 2.75) is 0 Å². The number of ether oxygens (including phenoxy) is 1. The summed E-state index contributed by atoms with van der Waals surface area (Å²) < 4.78 is 5.13. The molecule has 0 spiro atoms. The summed E-state index contributed by atoms with van der Waals surface area (Å²) in [6, 6.07) is 11.5. The van der Waals surface area contributed by atoms with Crippen molar-refractivity contribution in [3.63, 3.8) is 0 Å². The molecule has 3 aromatic rings. The first-order valence-electron chi connectivity index (χ1n) is 6.15. The van der Waals surface area contributed by atoms with Gasteiger partial charge in [0.25, 0.3) is 0 Å². The molecule has 2 aromatic heterocycles. The van der Waals surface area contributed by atoms with Gasteiger partial charge in [0.15, 0.2) is 0 Å². The first-order valence-corrected chi connectivity index (χ1v) is 6.15. The second-order valence-electron chi connectivity index (χ2n) is 4.49. The molecular weight excluding hydrogens is 252 g/mol. The molecule has 0 saturated carbocycles. The highest BCUT2D eigenvalue weighted by atomic mass is 16.5. The van der Waals surface area contributed by atoms with Gasteiger partial charge in [-0.2, -0.15) is 0 Å². The van der Waals surface area contributed by atoms with E-state index in [9.17, 15) is 0 Å². The fourth-order valence-corrected chi connectivity index (χ4v) is 2.14. The quantitative estimate of drug-likeness (QED) is 0.502. The van der Waals surface area contributed by atoms with Crippen LogP contribution in [-0.2, 0) is 0 Å². The van der Waals surface area contributed by atoms with Gasteiger partial charge in [-0.05, 0) is 30.3 Å². The summed E-state index contributed by atoms with van der Waals surface area (Å²) in [6.45, 7) is 0. The molecule has 100 valence electrons. The van der Waals surface area contributed by atoms with Crippen LogP contribution in [0.25, 0.3) is 22.2 Å². The Morgan fingerprint density at radius 1 is 1.25 bits per heavy atom.